The molecule has 1 unspecified atom stereocenters. The quantitative estimate of drug-likeness (QED) is 0.789. The van der Waals surface area contributed by atoms with Crippen molar-refractivity contribution in [2.75, 3.05) is 11.9 Å². The van der Waals surface area contributed by atoms with Crippen molar-refractivity contribution in [2.45, 2.75) is 59.3 Å². The van der Waals surface area contributed by atoms with Gasteiger partial charge in [0.05, 0.1) is 0 Å². The smallest absolute Gasteiger partial charge is 0.224 e. The molecule has 21 heavy (non-hydrogen) atoms. The van der Waals surface area contributed by atoms with Crippen molar-refractivity contribution in [3.8, 4) is 0 Å². The number of carbonyl (C=O) groups excluding carboxylic acids is 1. The van der Waals surface area contributed by atoms with E-state index >= 15 is 0 Å². The van der Waals surface area contributed by atoms with E-state index in [2.05, 4.69) is 52.1 Å². The Morgan fingerprint density at radius 2 is 1.86 bits per heavy atom. The highest BCUT2D eigenvalue weighted by Crippen LogP contribution is 2.28. The molecule has 3 nitrogen and oxygen atoms in total. The van der Waals surface area contributed by atoms with Crippen molar-refractivity contribution in [1.29, 1.82) is 0 Å². The van der Waals surface area contributed by atoms with Gasteiger partial charge < -0.3 is 11.1 Å². The zero-order valence-electron chi connectivity index (χ0n) is 14.1. The van der Waals surface area contributed by atoms with Crippen molar-refractivity contribution >= 4 is 11.6 Å². The molecule has 1 aromatic carbocycles. The van der Waals surface area contributed by atoms with Crippen LogP contribution in [-0.2, 0) is 4.79 Å². The summed E-state index contributed by atoms with van der Waals surface area (Å²) in [6, 6.07) is 6.35. The number of rotatable bonds is 7. The van der Waals surface area contributed by atoms with E-state index in [1.54, 1.807) is 0 Å². The molecule has 3 heteroatoms. The van der Waals surface area contributed by atoms with Crippen molar-refractivity contribution in [3.05, 3.63) is 29.3 Å². The van der Waals surface area contributed by atoms with Crippen LogP contribution in [0.25, 0.3) is 0 Å². The summed E-state index contributed by atoms with van der Waals surface area (Å²) >= 11 is 0. The summed E-state index contributed by atoms with van der Waals surface area (Å²) in [4.78, 5) is 12.2. The van der Waals surface area contributed by atoms with Crippen LogP contribution >= 0.6 is 0 Å². The summed E-state index contributed by atoms with van der Waals surface area (Å²) in [7, 11) is 0. The standard InChI is InChI=1S/C18H30N2O/c1-6-14(11-19)9-18(21)20-17-8-7-15(12(2)3)10-16(17)13(4)5/h7-8,10,12-14H,6,9,11,19H2,1-5H3,(H,20,21). The molecule has 1 aromatic rings. The minimum absolute atomic E-state index is 0.0616. The van der Waals surface area contributed by atoms with E-state index in [0.29, 0.717) is 24.8 Å². The van der Waals surface area contributed by atoms with Gasteiger partial charge in [0, 0.05) is 12.1 Å². The Labute approximate surface area is 129 Å². The third kappa shape index (κ3) is 5.16. The molecule has 1 amide bonds. The van der Waals surface area contributed by atoms with Gasteiger partial charge in [-0.25, -0.2) is 0 Å². The predicted molar refractivity (Wildman–Crippen MR) is 90.7 cm³/mol. The lowest BCUT2D eigenvalue weighted by Crippen LogP contribution is -2.22. The van der Waals surface area contributed by atoms with E-state index in [0.717, 1.165) is 12.1 Å². The number of anilines is 1. The molecule has 0 aliphatic rings. The van der Waals surface area contributed by atoms with E-state index in [1.807, 2.05) is 6.07 Å². The summed E-state index contributed by atoms with van der Waals surface area (Å²) in [6.07, 6.45) is 1.43. The molecule has 0 saturated heterocycles. The van der Waals surface area contributed by atoms with Gasteiger partial charge in [0.1, 0.15) is 0 Å². The Hall–Kier alpha value is -1.35. The van der Waals surface area contributed by atoms with Gasteiger partial charge in [-0.15, -0.1) is 0 Å². The van der Waals surface area contributed by atoms with Gasteiger partial charge in [0.15, 0.2) is 0 Å². The molecular weight excluding hydrogens is 260 g/mol. The molecule has 0 aliphatic carbocycles. The van der Waals surface area contributed by atoms with Crippen LogP contribution in [0.5, 0.6) is 0 Å². The zero-order chi connectivity index (χ0) is 16.0. The van der Waals surface area contributed by atoms with Crippen LogP contribution in [0, 0.1) is 5.92 Å². The summed E-state index contributed by atoms with van der Waals surface area (Å²) in [5.74, 6) is 1.21. The summed E-state index contributed by atoms with van der Waals surface area (Å²) in [5, 5.41) is 3.06. The number of carbonyl (C=O) groups is 1. The van der Waals surface area contributed by atoms with E-state index in [4.69, 9.17) is 5.73 Å². The molecule has 0 heterocycles. The first-order chi connectivity index (χ1) is 9.88. The molecule has 0 aromatic heterocycles. The molecule has 0 spiro atoms. The number of amides is 1. The summed E-state index contributed by atoms with van der Waals surface area (Å²) in [6.45, 7) is 11.3. The van der Waals surface area contributed by atoms with Gasteiger partial charge in [0.2, 0.25) is 5.91 Å². The van der Waals surface area contributed by atoms with E-state index < -0.39 is 0 Å². The highest BCUT2D eigenvalue weighted by molar-refractivity contribution is 5.91. The maximum atomic E-state index is 12.2. The second-order valence-corrected chi connectivity index (χ2v) is 6.42. The second kappa shape index (κ2) is 8.18. The van der Waals surface area contributed by atoms with Gasteiger partial charge >= 0.3 is 0 Å². The fourth-order valence-corrected chi connectivity index (χ4v) is 2.39. The molecule has 0 saturated carbocycles. The van der Waals surface area contributed by atoms with Crippen LogP contribution in [0.15, 0.2) is 18.2 Å². The van der Waals surface area contributed by atoms with Gasteiger partial charge in [-0.05, 0) is 41.5 Å². The van der Waals surface area contributed by atoms with Crippen LogP contribution in [0.4, 0.5) is 5.69 Å². The van der Waals surface area contributed by atoms with Gasteiger partial charge in [-0.1, -0.05) is 53.2 Å². The fourth-order valence-electron chi connectivity index (χ4n) is 2.39. The van der Waals surface area contributed by atoms with Gasteiger partial charge in [-0.3, -0.25) is 4.79 Å². The second-order valence-electron chi connectivity index (χ2n) is 6.42. The number of hydrogen-bond donors (Lipinski definition) is 2. The monoisotopic (exact) mass is 290 g/mol. The maximum absolute atomic E-state index is 12.2. The third-order valence-electron chi connectivity index (χ3n) is 4.02. The lowest BCUT2D eigenvalue weighted by molar-refractivity contribution is -0.117. The highest BCUT2D eigenvalue weighted by atomic mass is 16.1. The third-order valence-corrected chi connectivity index (χ3v) is 4.02. The first kappa shape index (κ1) is 17.7. The van der Waals surface area contributed by atoms with E-state index in [1.165, 1.54) is 11.1 Å². The molecule has 0 radical (unpaired) electrons. The average molecular weight is 290 g/mol. The molecule has 3 N–H and O–H groups in total. The van der Waals surface area contributed by atoms with Crippen molar-refractivity contribution in [1.82, 2.24) is 0 Å². The summed E-state index contributed by atoms with van der Waals surface area (Å²) < 4.78 is 0. The fraction of sp³-hybridized carbons (Fsp3) is 0.611. The number of nitrogens with two attached hydrogens (primary N) is 1. The normalized spacial score (nSPS) is 12.8. The molecule has 0 bridgehead atoms. The van der Waals surface area contributed by atoms with Crippen LogP contribution < -0.4 is 11.1 Å². The van der Waals surface area contributed by atoms with Gasteiger partial charge in [0.25, 0.3) is 0 Å². The minimum atomic E-state index is 0.0616. The Morgan fingerprint density at radius 3 is 2.33 bits per heavy atom. The SMILES string of the molecule is CCC(CN)CC(=O)Nc1ccc(C(C)C)cc1C(C)C. The predicted octanol–water partition coefficient (Wildman–Crippen LogP) is 4.25. The molecule has 0 fully saturated rings. The average Bonchev–Trinajstić information content (AvgIpc) is 2.44. The lowest BCUT2D eigenvalue weighted by Gasteiger charge is -2.18. The highest BCUT2D eigenvalue weighted by Gasteiger charge is 2.14. The van der Waals surface area contributed by atoms with Crippen molar-refractivity contribution in [2.24, 2.45) is 11.7 Å². The molecule has 118 valence electrons. The summed E-state index contributed by atoms with van der Waals surface area (Å²) in [5.41, 5.74) is 9.13. The zero-order valence-corrected chi connectivity index (χ0v) is 14.1. The number of benzene rings is 1. The molecule has 1 rings (SSSR count). The Kier molecular flexibility index (Phi) is 6.90. The Bertz CT molecular complexity index is 462. The van der Waals surface area contributed by atoms with Crippen LogP contribution in [0.2, 0.25) is 0 Å². The maximum Gasteiger partial charge on any atom is 0.224 e. The molecular formula is C18H30N2O. The van der Waals surface area contributed by atoms with Gasteiger partial charge in [-0.2, -0.15) is 0 Å². The Balaban J connectivity index is 2.89. The largest absolute Gasteiger partial charge is 0.330 e. The van der Waals surface area contributed by atoms with Crippen molar-refractivity contribution < 1.29 is 4.79 Å². The molecule has 0 aliphatic heterocycles. The van der Waals surface area contributed by atoms with Crippen LogP contribution in [0.1, 0.15) is 70.4 Å². The van der Waals surface area contributed by atoms with Crippen molar-refractivity contribution in [3.63, 3.8) is 0 Å². The number of nitrogens with one attached hydrogen (secondary N) is 1. The van der Waals surface area contributed by atoms with Crippen LogP contribution in [0.3, 0.4) is 0 Å². The van der Waals surface area contributed by atoms with E-state index in [9.17, 15) is 4.79 Å². The van der Waals surface area contributed by atoms with Crippen LogP contribution in [-0.4, -0.2) is 12.5 Å². The number of hydrogen-bond acceptors (Lipinski definition) is 2. The first-order valence-electron chi connectivity index (χ1n) is 8.02. The molecule has 1 atom stereocenters. The first-order valence-corrected chi connectivity index (χ1v) is 8.02. The topological polar surface area (TPSA) is 55.1 Å². The minimum Gasteiger partial charge on any atom is -0.330 e. The Morgan fingerprint density at radius 1 is 1.19 bits per heavy atom. The van der Waals surface area contributed by atoms with E-state index in [-0.39, 0.29) is 11.8 Å². The lowest BCUT2D eigenvalue weighted by atomic mass is 9.94.